The third-order valence-electron chi connectivity index (χ3n) is 2.72. The molecule has 7 heteroatoms. The lowest BCUT2D eigenvalue weighted by atomic mass is 10.1. The highest BCUT2D eigenvalue weighted by atomic mass is 35.5. The van der Waals surface area contributed by atoms with Gasteiger partial charge < -0.3 is 5.73 Å². The third-order valence-corrected chi connectivity index (χ3v) is 3.27. The van der Waals surface area contributed by atoms with Crippen LogP contribution in [0.4, 0.5) is 4.39 Å². The van der Waals surface area contributed by atoms with Crippen LogP contribution >= 0.6 is 23.2 Å². The van der Waals surface area contributed by atoms with Crippen molar-refractivity contribution in [3.63, 3.8) is 0 Å². The van der Waals surface area contributed by atoms with E-state index in [-0.39, 0.29) is 16.1 Å². The average Bonchev–Trinajstić information content (AvgIpc) is 2.85. The first-order valence-electron chi connectivity index (χ1n) is 5.85. The average molecular weight is 303 g/mol. The molecule has 0 amide bonds. The molecule has 0 radical (unpaired) electrons. The summed E-state index contributed by atoms with van der Waals surface area (Å²) in [7, 11) is 0. The van der Waals surface area contributed by atoms with Crippen molar-refractivity contribution in [3.8, 4) is 5.69 Å². The standard InChI is InChI=1S/C12H13Cl2FN4/c1-2-3-10(16)11-6-19(18-17-11)7-4-8(13)12(15)9(14)5-7/h4-6,10H,2-3,16H2,1H3. The first-order chi connectivity index (χ1) is 9.02. The molecule has 0 aliphatic rings. The minimum atomic E-state index is -0.643. The quantitative estimate of drug-likeness (QED) is 0.879. The van der Waals surface area contributed by atoms with Crippen LogP contribution < -0.4 is 5.73 Å². The summed E-state index contributed by atoms with van der Waals surface area (Å²) in [4.78, 5) is 0. The summed E-state index contributed by atoms with van der Waals surface area (Å²) >= 11 is 11.5. The SMILES string of the molecule is CCCC(N)c1cn(-c2cc(Cl)c(F)c(Cl)c2)nn1. The van der Waals surface area contributed by atoms with Gasteiger partial charge in [-0.3, -0.25) is 0 Å². The van der Waals surface area contributed by atoms with Crippen molar-refractivity contribution in [2.24, 2.45) is 5.73 Å². The largest absolute Gasteiger partial charge is 0.323 e. The van der Waals surface area contributed by atoms with Crippen LogP contribution in [0.3, 0.4) is 0 Å². The molecule has 2 rings (SSSR count). The Labute approximate surface area is 120 Å². The molecule has 1 unspecified atom stereocenters. The highest BCUT2D eigenvalue weighted by Crippen LogP contribution is 2.26. The Kier molecular flexibility index (Phi) is 4.39. The van der Waals surface area contributed by atoms with Crippen molar-refractivity contribution in [2.75, 3.05) is 0 Å². The second-order valence-electron chi connectivity index (χ2n) is 4.21. The minimum Gasteiger partial charge on any atom is -0.323 e. The Morgan fingerprint density at radius 1 is 1.37 bits per heavy atom. The Hall–Kier alpha value is -1.17. The molecule has 1 aromatic carbocycles. The molecule has 1 aromatic heterocycles. The summed E-state index contributed by atoms with van der Waals surface area (Å²) in [6.45, 7) is 2.05. The molecule has 0 spiro atoms. The summed E-state index contributed by atoms with van der Waals surface area (Å²) in [5, 5.41) is 7.83. The van der Waals surface area contributed by atoms with Gasteiger partial charge in [-0.15, -0.1) is 5.10 Å². The van der Waals surface area contributed by atoms with Crippen LogP contribution in [-0.2, 0) is 0 Å². The summed E-state index contributed by atoms with van der Waals surface area (Å²) in [6, 6.07) is 2.71. The van der Waals surface area contributed by atoms with E-state index < -0.39 is 5.82 Å². The van der Waals surface area contributed by atoms with Crippen molar-refractivity contribution in [2.45, 2.75) is 25.8 Å². The summed E-state index contributed by atoms with van der Waals surface area (Å²) in [5.74, 6) is -0.643. The van der Waals surface area contributed by atoms with E-state index in [9.17, 15) is 4.39 Å². The number of rotatable bonds is 4. The van der Waals surface area contributed by atoms with Gasteiger partial charge in [0.05, 0.1) is 33.7 Å². The van der Waals surface area contributed by atoms with Crippen LogP contribution in [0.25, 0.3) is 5.69 Å². The second kappa shape index (κ2) is 5.86. The topological polar surface area (TPSA) is 56.7 Å². The molecule has 1 heterocycles. The van der Waals surface area contributed by atoms with E-state index in [0.717, 1.165) is 12.8 Å². The molecule has 0 aliphatic carbocycles. The van der Waals surface area contributed by atoms with E-state index in [1.807, 2.05) is 6.92 Å². The number of nitrogens with two attached hydrogens (primary N) is 1. The number of aromatic nitrogens is 3. The molecule has 4 nitrogen and oxygen atoms in total. The minimum absolute atomic E-state index is 0.0580. The monoisotopic (exact) mass is 302 g/mol. The van der Waals surface area contributed by atoms with Gasteiger partial charge in [0.25, 0.3) is 0 Å². The highest BCUT2D eigenvalue weighted by Gasteiger charge is 2.13. The van der Waals surface area contributed by atoms with Crippen LogP contribution in [0.2, 0.25) is 10.0 Å². The lowest BCUT2D eigenvalue weighted by Gasteiger charge is -2.05. The Morgan fingerprint density at radius 3 is 2.58 bits per heavy atom. The zero-order valence-corrected chi connectivity index (χ0v) is 11.8. The van der Waals surface area contributed by atoms with Crippen molar-refractivity contribution >= 4 is 23.2 Å². The smallest absolute Gasteiger partial charge is 0.160 e. The number of halogens is 3. The normalized spacial score (nSPS) is 12.7. The number of hydrogen-bond donors (Lipinski definition) is 1. The van der Waals surface area contributed by atoms with E-state index >= 15 is 0 Å². The van der Waals surface area contributed by atoms with Crippen LogP contribution in [0.5, 0.6) is 0 Å². The van der Waals surface area contributed by atoms with Crippen LogP contribution in [0.1, 0.15) is 31.5 Å². The Morgan fingerprint density at radius 2 is 2.00 bits per heavy atom. The van der Waals surface area contributed by atoms with Crippen molar-refractivity contribution in [1.82, 2.24) is 15.0 Å². The molecule has 1 atom stereocenters. The molecule has 0 saturated carbocycles. The van der Waals surface area contributed by atoms with Crippen LogP contribution in [0, 0.1) is 5.82 Å². The van der Waals surface area contributed by atoms with Gasteiger partial charge in [-0.1, -0.05) is 41.8 Å². The molecule has 2 aromatic rings. The van der Waals surface area contributed by atoms with Gasteiger partial charge in [0.1, 0.15) is 0 Å². The van der Waals surface area contributed by atoms with Crippen molar-refractivity contribution in [1.29, 1.82) is 0 Å². The van der Waals surface area contributed by atoms with Crippen molar-refractivity contribution < 1.29 is 4.39 Å². The fourth-order valence-corrected chi connectivity index (χ4v) is 2.18. The maximum absolute atomic E-state index is 13.3. The van der Waals surface area contributed by atoms with Gasteiger partial charge in [-0.05, 0) is 18.6 Å². The predicted molar refractivity (Wildman–Crippen MR) is 73.2 cm³/mol. The summed E-state index contributed by atoms with van der Waals surface area (Å²) < 4.78 is 14.8. The summed E-state index contributed by atoms with van der Waals surface area (Å²) in [6.07, 6.45) is 3.48. The molecule has 0 bridgehead atoms. The van der Waals surface area contributed by atoms with E-state index in [4.69, 9.17) is 28.9 Å². The zero-order chi connectivity index (χ0) is 14.0. The van der Waals surface area contributed by atoms with Gasteiger partial charge >= 0.3 is 0 Å². The van der Waals surface area contributed by atoms with Gasteiger partial charge in [-0.25, -0.2) is 9.07 Å². The van der Waals surface area contributed by atoms with E-state index in [1.165, 1.54) is 16.8 Å². The first-order valence-corrected chi connectivity index (χ1v) is 6.61. The Balaban J connectivity index is 2.33. The molecular formula is C12H13Cl2FN4. The lowest BCUT2D eigenvalue weighted by Crippen LogP contribution is -2.10. The fourth-order valence-electron chi connectivity index (χ4n) is 1.71. The van der Waals surface area contributed by atoms with E-state index in [2.05, 4.69) is 10.3 Å². The van der Waals surface area contributed by atoms with E-state index in [1.54, 1.807) is 6.20 Å². The number of benzene rings is 1. The van der Waals surface area contributed by atoms with Crippen molar-refractivity contribution in [3.05, 3.63) is 39.9 Å². The van der Waals surface area contributed by atoms with Gasteiger partial charge in [0.15, 0.2) is 5.82 Å². The molecule has 0 aliphatic heterocycles. The molecular weight excluding hydrogens is 290 g/mol. The van der Waals surface area contributed by atoms with E-state index in [0.29, 0.717) is 11.4 Å². The number of nitrogens with zero attached hydrogens (tertiary/aromatic N) is 3. The van der Waals surface area contributed by atoms with Gasteiger partial charge in [0, 0.05) is 0 Å². The molecule has 19 heavy (non-hydrogen) atoms. The molecule has 0 fully saturated rings. The fraction of sp³-hybridized carbons (Fsp3) is 0.333. The predicted octanol–water partition coefficient (Wildman–Crippen LogP) is 3.51. The maximum atomic E-state index is 13.3. The summed E-state index contributed by atoms with van der Waals surface area (Å²) in [5.41, 5.74) is 7.17. The third kappa shape index (κ3) is 3.05. The first kappa shape index (κ1) is 14.2. The highest BCUT2D eigenvalue weighted by molar-refractivity contribution is 6.35. The van der Waals surface area contributed by atoms with Crippen LogP contribution in [-0.4, -0.2) is 15.0 Å². The maximum Gasteiger partial charge on any atom is 0.160 e. The van der Waals surface area contributed by atoms with Gasteiger partial charge in [-0.2, -0.15) is 0 Å². The van der Waals surface area contributed by atoms with Gasteiger partial charge in [0.2, 0.25) is 0 Å². The van der Waals surface area contributed by atoms with Crippen LogP contribution in [0.15, 0.2) is 18.3 Å². The Bertz CT molecular complexity index is 562. The molecule has 2 N–H and O–H groups in total. The molecule has 0 saturated heterocycles. The zero-order valence-electron chi connectivity index (χ0n) is 10.3. The lowest BCUT2D eigenvalue weighted by molar-refractivity contribution is 0.619. The second-order valence-corrected chi connectivity index (χ2v) is 5.02. The number of hydrogen-bond acceptors (Lipinski definition) is 3. The molecule has 102 valence electrons.